The minimum atomic E-state index is -4.85. The lowest BCUT2D eigenvalue weighted by atomic mass is 10.2. The molecule has 1 aliphatic rings. The van der Waals surface area contributed by atoms with Gasteiger partial charge in [0.1, 0.15) is 11.0 Å². The normalized spacial score (nSPS) is 19.4. The van der Waals surface area contributed by atoms with Crippen LogP contribution in [0.3, 0.4) is 0 Å². The number of rotatable bonds is 3. The number of nitrogens with zero attached hydrogens (tertiary/aromatic N) is 1. The van der Waals surface area contributed by atoms with Gasteiger partial charge in [-0.15, -0.1) is 3.89 Å². The first-order valence-electron chi connectivity index (χ1n) is 5.50. The molecule has 1 saturated heterocycles. The molecule has 1 aromatic carbocycles. The van der Waals surface area contributed by atoms with E-state index in [1.807, 2.05) is 0 Å². The summed E-state index contributed by atoms with van der Waals surface area (Å²) in [5.41, 5.74) is -0.237. The number of halogens is 1. The number of phenols is 1. The number of anilines is 1. The van der Waals surface area contributed by atoms with Gasteiger partial charge < -0.3 is 15.1 Å². The molecule has 2 N–H and O–H groups in total. The Morgan fingerprint density at radius 3 is 2.50 bits per heavy atom. The maximum Gasteiger partial charge on any atom is 0.335 e. The Kier molecular flexibility index (Phi) is 3.38. The molecule has 1 aromatic rings. The number of hydrogen-bond donors (Lipinski definition) is 2. The summed E-state index contributed by atoms with van der Waals surface area (Å²) in [5.74, 6) is -2.41. The number of carbonyl (C=O) groups excluding carboxylic acids is 1. The first-order valence-corrected chi connectivity index (χ1v) is 6.95. The van der Waals surface area contributed by atoms with Gasteiger partial charge in [0.25, 0.3) is 0 Å². The monoisotopic (exact) mass is 303 g/mol. The van der Waals surface area contributed by atoms with Crippen molar-refractivity contribution in [2.75, 3.05) is 11.4 Å². The Morgan fingerprint density at radius 2 is 2.05 bits per heavy atom. The van der Waals surface area contributed by atoms with Gasteiger partial charge in [0.15, 0.2) is 0 Å². The summed E-state index contributed by atoms with van der Waals surface area (Å²) in [5, 5.41) is 17.0. The smallest absolute Gasteiger partial charge is 0.335 e. The second kappa shape index (κ2) is 4.75. The number of carboxylic acid groups (broad SMARTS) is 1. The van der Waals surface area contributed by atoms with Crippen LogP contribution in [0.1, 0.15) is 16.8 Å². The molecule has 0 aromatic heterocycles. The molecule has 2 rings (SSSR count). The molecule has 1 unspecified atom stereocenters. The van der Waals surface area contributed by atoms with E-state index in [-0.39, 0.29) is 11.3 Å². The Balaban J connectivity index is 2.33. The molecule has 1 amide bonds. The summed E-state index contributed by atoms with van der Waals surface area (Å²) >= 11 is 0. The fourth-order valence-corrected chi connectivity index (χ4v) is 2.65. The molecule has 0 aliphatic carbocycles. The van der Waals surface area contributed by atoms with E-state index < -0.39 is 46.1 Å². The molecular formula is C11H10FNO6S. The zero-order valence-corrected chi connectivity index (χ0v) is 10.8. The minimum absolute atomic E-state index is 0.0499. The molecular weight excluding hydrogens is 293 g/mol. The summed E-state index contributed by atoms with van der Waals surface area (Å²) < 4.78 is 34.5. The quantitative estimate of drug-likeness (QED) is 0.786. The highest BCUT2D eigenvalue weighted by Crippen LogP contribution is 2.33. The average molecular weight is 303 g/mol. The number of hydrogen-bond acceptors (Lipinski definition) is 5. The Bertz CT molecular complexity index is 686. The van der Waals surface area contributed by atoms with Crippen molar-refractivity contribution in [1.82, 2.24) is 0 Å². The number of benzene rings is 1. The predicted octanol–water partition coefficient (Wildman–Crippen LogP) is 0.495. The van der Waals surface area contributed by atoms with Crippen LogP contribution < -0.4 is 4.90 Å². The predicted molar refractivity (Wildman–Crippen MR) is 65.9 cm³/mol. The van der Waals surface area contributed by atoms with E-state index in [0.29, 0.717) is 0 Å². The second-order valence-corrected chi connectivity index (χ2v) is 5.93. The van der Waals surface area contributed by atoms with E-state index in [9.17, 15) is 27.0 Å². The molecule has 0 bridgehead atoms. The van der Waals surface area contributed by atoms with Gasteiger partial charge in [-0.3, -0.25) is 4.79 Å². The molecule has 7 nitrogen and oxygen atoms in total. The van der Waals surface area contributed by atoms with Crippen molar-refractivity contribution in [3.8, 4) is 5.75 Å². The van der Waals surface area contributed by atoms with Gasteiger partial charge in [0.2, 0.25) is 5.91 Å². The highest BCUT2D eigenvalue weighted by molar-refractivity contribution is 7.87. The van der Waals surface area contributed by atoms with Crippen molar-refractivity contribution in [1.29, 1.82) is 0 Å². The van der Waals surface area contributed by atoms with Crippen LogP contribution >= 0.6 is 0 Å². The third-order valence-electron chi connectivity index (χ3n) is 3.00. The lowest BCUT2D eigenvalue weighted by Gasteiger charge is -2.17. The minimum Gasteiger partial charge on any atom is -0.506 e. The number of aromatic hydroxyl groups is 1. The number of aromatic carboxylic acids is 1. The van der Waals surface area contributed by atoms with Gasteiger partial charge in [-0.25, -0.2) is 4.79 Å². The molecule has 108 valence electrons. The van der Waals surface area contributed by atoms with Crippen molar-refractivity contribution in [3.63, 3.8) is 0 Å². The highest BCUT2D eigenvalue weighted by Gasteiger charge is 2.39. The number of amides is 1. The van der Waals surface area contributed by atoms with E-state index in [4.69, 9.17) is 5.11 Å². The molecule has 1 aliphatic heterocycles. The van der Waals surface area contributed by atoms with Crippen LogP contribution in [0.15, 0.2) is 18.2 Å². The molecule has 0 spiro atoms. The summed E-state index contributed by atoms with van der Waals surface area (Å²) in [4.78, 5) is 23.3. The number of carboxylic acids is 1. The molecule has 1 atom stereocenters. The van der Waals surface area contributed by atoms with E-state index in [1.165, 1.54) is 6.07 Å². The topological polar surface area (TPSA) is 112 Å². The molecule has 20 heavy (non-hydrogen) atoms. The van der Waals surface area contributed by atoms with Crippen molar-refractivity contribution >= 4 is 27.8 Å². The van der Waals surface area contributed by atoms with Crippen LogP contribution in [0.4, 0.5) is 9.57 Å². The fourth-order valence-electron chi connectivity index (χ4n) is 1.98. The van der Waals surface area contributed by atoms with E-state index in [2.05, 4.69) is 0 Å². The summed E-state index contributed by atoms with van der Waals surface area (Å²) in [6.45, 7) is -0.419. The van der Waals surface area contributed by atoms with E-state index in [1.54, 1.807) is 0 Å². The maximum absolute atomic E-state index is 12.9. The molecule has 0 radical (unpaired) electrons. The molecule has 1 fully saturated rings. The van der Waals surface area contributed by atoms with E-state index >= 15 is 0 Å². The van der Waals surface area contributed by atoms with Gasteiger partial charge >= 0.3 is 16.2 Å². The van der Waals surface area contributed by atoms with Crippen LogP contribution in [0.25, 0.3) is 0 Å². The third-order valence-corrected chi connectivity index (χ3v) is 4.11. The second-order valence-electron chi connectivity index (χ2n) is 4.31. The maximum atomic E-state index is 12.9. The Morgan fingerprint density at radius 1 is 1.40 bits per heavy atom. The Hall–Kier alpha value is -2.16. The van der Waals surface area contributed by atoms with Crippen molar-refractivity contribution in [3.05, 3.63) is 23.8 Å². The van der Waals surface area contributed by atoms with Crippen molar-refractivity contribution in [2.24, 2.45) is 0 Å². The SMILES string of the molecule is O=C(O)c1ccc(N2CC(S(=O)(=O)F)CC2=O)c(O)c1. The first-order chi connectivity index (χ1) is 9.20. The molecule has 1 heterocycles. The highest BCUT2D eigenvalue weighted by atomic mass is 32.3. The van der Waals surface area contributed by atoms with Crippen molar-refractivity contribution < 1.29 is 32.1 Å². The summed E-state index contributed by atoms with van der Waals surface area (Å²) in [7, 11) is -4.85. The van der Waals surface area contributed by atoms with Crippen LogP contribution in [-0.2, 0) is 15.0 Å². The standard InChI is InChI=1S/C11H10FNO6S/c12-20(18,19)7-4-10(15)13(5-7)8-2-1-6(11(16)17)3-9(8)14/h1-3,7,14H,4-5H2,(H,16,17). The van der Waals surface area contributed by atoms with Crippen LogP contribution in [0.2, 0.25) is 0 Å². The summed E-state index contributed by atoms with van der Waals surface area (Å²) in [6, 6.07) is 3.26. The molecule has 0 saturated carbocycles. The van der Waals surface area contributed by atoms with Gasteiger partial charge in [-0.2, -0.15) is 8.42 Å². The third kappa shape index (κ3) is 2.57. The van der Waals surface area contributed by atoms with Gasteiger partial charge in [-0.1, -0.05) is 0 Å². The van der Waals surface area contributed by atoms with Crippen LogP contribution in [0.5, 0.6) is 5.75 Å². The number of phenolic OH excluding ortho intramolecular Hbond substituents is 1. The van der Waals surface area contributed by atoms with E-state index in [0.717, 1.165) is 17.0 Å². The van der Waals surface area contributed by atoms with Gasteiger partial charge in [0, 0.05) is 13.0 Å². The zero-order valence-electron chi connectivity index (χ0n) is 9.98. The lowest BCUT2D eigenvalue weighted by Crippen LogP contribution is -2.27. The van der Waals surface area contributed by atoms with Crippen LogP contribution in [0, 0.1) is 0 Å². The lowest BCUT2D eigenvalue weighted by molar-refractivity contribution is -0.117. The average Bonchev–Trinajstić information content (AvgIpc) is 2.71. The van der Waals surface area contributed by atoms with Crippen molar-refractivity contribution in [2.45, 2.75) is 11.7 Å². The van der Waals surface area contributed by atoms with Gasteiger partial charge in [-0.05, 0) is 18.2 Å². The zero-order chi connectivity index (χ0) is 15.1. The fraction of sp³-hybridized carbons (Fsp3) is 0.273. The van der Waals surface area contributed by atoms with Crippen LogP contribution in [-0.4, -0.2) is 42.3 Å². The summed E-state index contributed by atoms with van der Waals surface area (Å²) in [6.07, 6.45) is -0.515. The first kappa shape index (κ1) is 14.3. The Labute approximate surface area is 113 Å². The largest absolute Gasteiger partial charge is 0.506 e. The number of carbonyl (C=O) groups is 2. The molecule has 9 heteroatoms. The van der Waals surface area contributed by atoms with Gasteiger partial charge in [0.05, 0.1) is 11.3 Å².